The summed E-state index contributed by atoms with van der Waals surface area (Å²) in [4.78, 5) is 10.9. The van der Waals surface area contributed by atoms with E-state index in [-0.39, 0.29) is 9.34 Å². The molecule has 0 saturated carbocycles. The Morgan fingerprint density at radius 3 is 2.79 bits per heavy atom. The normalized spacial score (nSPS) is 13.6. The van der Waals surface area contributed by atoms with E-state index in [1.165, 1.54) is 0 Å². The van der Waals surface area contributed by atoms with Gasteiger partial charge < -0.3 is 10.7 Å². The highest BCUT2D eigenvalue weighted by Gasteiger charge is 2.25. The fraction of sp³-hybridized carbons (Fsp3) is 0.400. The second kappa shape index (κ2) is 5.27. The fourth-order valence-electron chi connectivity index (χ4n) is 1.69. The Morgan fingerprint density at radius 2 is 2.32 bits per heavy atom. The second-order valence-corrected chi connectivity index (χ2v) is 6.92. The van der Waals surface area contributed by atoms with Crippen molar-refractivity contribution in [2.45, 2.75) is 30.5 Å². The first-order chi connectivity index (χ1) is 8.94. The molecule has 0 amide bonds. The minimum Gasteiger partial charge on any atom is -0.375 e. The lowest BCUT2D eigenvalue weighted by Gasteiger charge is -2.14. The van der Waals surface area contributed by atoms with Crippen molar-refractivity contribution >= 4 is 26.5 Å². The molecular weight excluding hydrogens is 286 g/mol. The zero-order valence-electron chi connectivity index (χ0n) is 10.5. The summed E-state index contributed by atoms with van der Waals surface area (Å²) in [6.45, 7) is 3.50. The van der Waals surface area contributed by atoms with Crippen LogP contribution in [0.3, 0.4) is 0 Å². The summed E-state index contributed by atoms with van der Waals surface area (Å²) in [6.07, 6.45) is 3.82. The minimum atomic E-state index is -3.64. The average molecular weight is 301 g/mol. The summed E-state index contributed by atoms with van der Waals surface area (Å²) in [5.41, 5.74) is 5.94. The highest BCUT2D eigenvalue weighted by Crippen LogP contribution is 2.26. The maximum Gasteiger partial charge on any atom is 0.252 e. The molecule has 104 valence electrons. The smallest absolute Gasteiger partial charge is 0.252 e. The van der Waals surface area contributed by atoms with Gasteiger partial charge in [0, 0.05) is 12.4 Å². The Labute approximate surface area is 115 Å². The Balaban J connectivity index is 2.28. The van der Waals surface area contributed by atoms with Crippen LogP contribution in [0.4, 0.5) is 5.13 Å². The van der Waals surface area contributed by atoms with Crippen LogP contribution < -0.4 is 10.5 Å². The van der Waals surface area contributed by atoms with Gasteiger partial charge in [-0.3, -0.25) is 0 Å². The van der Waals surface area contributed by atoms with Crippen molar-refractivity contribution < 1.29 is 8.42 Å². The van der Waals surface area contributed by atoms with Gasteiger partial charge >= 0.3 is 0 Å². The first kappa shape index (κ1) is 14.0. The molecule has 2 rings (SSSR count). The van der Waals surface area contributed by atoms with Gasteiger partial charge in [-0.15, -0.1) is 0 Å². The monoisotopic (exact) mass is 301 g/mol. The summed E-state index contributed by atoms with van der Waals surface area (Å²) < 4.78 is 27.3. The van der Waals surface area contributed by atoms with Crippen LogP contribution in [0.25, 0.3) is 0 Å². The van der Waals surface area contributed by atoms with E-state index in [4.69, 9.17) is 5.73 Å². The molecule has 2 aromatic rings. The number of hydrogen-bond donors (Lipinski definition) is 3. The van der Waals surface area contributed by atoms with E-state index >= 15 is 0 Å². The molecule has 9 heteroatoms. The van der Waals surface area contributed by atoms with Crippen molar-refractivity contribution in [3.63, 3.8) is 0 Å². The third-order valence-corrected chi connectivity index (χ3v) is 5.64. The highest BCUT2D eigenvalue weighted by atomic mass is 32.2. The first-order valence-electron chi connectivity index (χ1n) is 5.68. The maximum atomic E-state index is 12.3. The summed E-state index contributed by atoms with van der Waals surface area (Å²) >= 11 is 0.957. The molecule has 19 heavy (non-hydrogen) atoms. The lowest BCUT2D eigenvalue weighted by atomic mass is 10.2. The lowest BCUT2D eigenvalue weighted by molar-refractivity contribution is 0.540. The standard InChI is InChI=1S/C10H15N5O2S2/c1-3-7(8-12-4-5-13-8)15-19(16,17)9-6(2)14-10(11)18-9/h4-5,7,15H,3H2,1-2H3,(H2,11,14)(H,12,13). The van der Waals surface area contributed by atoms with E-state index in [0.29, 0.717) is 17.9 Å². The maximum absolute atomic E-state index is 12.3. The van der Waals surface area contributed by atoms with Gasteiger partial charge in [-0.25, -0.2) is 18.4 Å². The molecule has 0 aliphatic rings. The van der Waals surface area contributed by atoms with Gasteiger partial charge in [0.1, 0.15) is 5.82 Å². The largest absolute Gasteiger partial charge is 0.375 e. The van der Waals surface area contributed by atoms with Gasteiger partial charge in [0.2, 0.25) is 0 Å². The summed E-state index contributed by atoms with van der Waals surface area (Å²) in [5.74, 6) is 0.584. The summed E-state index contributed by atoms with van der Waals surface area (Å²) in [6, 6.07) is -0.400. The molecule has 4 N–H and O–H groups in total. The zero-order valence-corrected chi connectivity index (χ0v) is 12.2. The fourth-order valence-corrected chi connectivity index (χ4v) is 4.29. The molecule has 0 bridgehead atoms. The number of nitrogen functional groups attached to an aromatic ring is 1. The number of H-pyrrole nitrogens is 1. The number of hydrogen-bond acceptors (Lipinski definition) is 6. The first-order valence-corrected chi connectivity index (χ1v) is 7.98. The number of nitrogens with one attached hydrogen (secondary N) is 2. The van der Waals surface area contributed by atoms with Crippen molar-refractivity contribution in [1.82, 2.24) is 19.7 Å². The summed E-state index contributed by atoms with van der Waals surface area (Å²) in [5, 5.41) is 0.240. The molecule has 0 aliphatic carbocycles. The van der Waals surface area contributed by atoms with Gasteiger partial charge in [0.15, 0.2) is 9.34 Å². The Kier molecular flexibility index (Phi) is 3.88. The van der Waals surface area contributed by atoms with E-state index in [9.17, 15) is 8.42 Å². The van der Waals surface area contributed by atoms with Gasteiger partial charge in [0.25, 0.3) is 10.0 Å². The molecule has 0 spiro atoms. The van der Waals surface area contributed by atoms with Crippen LogP contribution in [-0.4, -0.2) is 23.4 Å². The molecule has 0 saturated heterocycles. The van der Waals surface area contributed by atoms with E-state index < -0.39 is 16.1 Å². The summed E-state index contributed by atoms with van der Waals surface area (Å²) in [7, 11) is -3.64. The number of aromatic nitrogens is 3. The van der Waals surface area contributed by atoms with Crippen LogP contribution in [0.15, 0.2) is 16.6 Å². The molecule has 0 aliphatic heterocycles. The Morgan fingerprint density at radius 1 is 1.58 bits per heavy atom. The Bertz CT molecular complexity index is 648. The zero-order chi connectivity index (χ0) is 14.0. The third kappa shape index (κ3) is 2.94. The van der Waals surface area contributed by atoms with Crippen LogP contribution in [-0.2, 0) is 10.0 Å². The molecular formula is C10H15N5O2S2. The molecule has 1 atom stereocenters. The predicted molar refractivity (Wildman–Crippen MR) is 73.2 cm³/mol. The highest BCUT2D eigenvalue weighted by molar-refractivity contribution is 7.91. The van der Waals surface area contributed by atoms with Crippen LogP contribution >= 0.6 is 11.3 Å². The number of thiazole rings is 1. The van der Waals surface area contributed by atoms with Gasteiger partial charge in [-0.2, -0.15) is 4.72 Å². The molecule has 7 nitrogen and oxygen atoms in total. The molecule has 0 aromatic carbocycles. The van der Waals surface area contributed by atoms with Crippen molar-refractivity contribution in [3.8, 4) is 0 Å². The van der Waals surface area contributed by atoms with Crippen LogP contribution in [0.2, 0.25) is 0 Å². The topological polar surface area (TPSA) is 114 Å². The number of nitrogens with two attached hydrogens (primary N) is 1. The Hall–Kier alpha value is -1.45. The number of sulfonamides is 1. The third-order valence-electron chi connectivity index (χ3n) is 2.57. The number of aryl methyl sites for hydroxylation is 1. The van der Waals surface area contributed by atoms with E-state index in [2.05, 4.69) is 19.7 Å². The molecule has 0 fully saturated rings. The van der Waals surface area contributed by atoms with Crippen LogP contribution in [0.1, 0.15) is 30.9 Å². The van der Waals surface area contributed by atoms with E-state index in [0.717, 1.165) is 11.3 Å². The van der Waals surface area contributed by atoms with Crippen LogP contribution in [0, 0.1) is 6.92 Å². The number of imidazole rings is 1. The number of rotatable bonds is 5. The minimum absolute atomic E-state index is 0.148. The SMILES string of the molecule is CCC(NS(=O)(=O)c1sc(N)nc1C)c1ncc[nH]1. The molecule has 0 radical (unpaired) electrons. The predicted octanol–water partition coefficient (Wildman–Crippen LogP) is 1.19. The van der Waals surface area contributed by atoms with Crippen molar-refractivity contribution in [2.24, 2.45) is 0 Å². The van der Waals surface area contributed by atoms with Gasteiger partial charge in [0.05, 0.1) is 11.7 Å². The van der Waals surface area contributed by atoms with Crippen molar-refractivity contribution in [2.75, 3.05) is 5.73 Å². The van der Waals surface area contributed by atoms with E-state index in [1.807, 2.05) is 6.92 Å². The van der Waals surface area contributed by atoms with Gasteiger partial charge in [-0.1, -0.05) is 18.3 Å². The lowest BCUT2D eigenvalue weighted by Crippen LogP contribution is -2.29. The van der Waals surface area contributed by atoms with Crippen molar-refractivity contribution in [1.29, 1.82) is 0 Å². The number of nitrogens with zero attached hydrogens (tertiary/aromatic N) is 2. The molecule has 2 aromatic heterocycles. The number of anilines is 1. The average Bonchev–Trinajstić information content (AvgIpc) is 2.96. The molecule has 1 unspecified atom stereocenters. The van der Waals surface area contributed by atoms with E-state index in [1.54, 1.807) is 19.3 Å². The quantitative estimate of drug-likeness (QED) is 0.767. The number of aromatic amines is 1. The van der Waals surface area contributed by atoms with Crippen LogP contribution in [0.5, 0.6) is 0 Å². The second-order valence-electron chi connectivity index (χ2n) is 3.98. The van der Waals surface area contributed by atoms with Gasteiger partial charge in [-0.05, 0) is 13.3 Å². The molecule has 2 heterocycles. The van der Waals surface area contributed by atoms with Crippen molar-refractivity contribution in [3.05, 3.63) is 23.9 Å².